The summed E-state index contributed by atoms with van der Waals surface area (Å²) < 4.78 is 39.0. The molecule has 0 aliphatic rings. The van der Waals surface area contributed by atoms with Gasteiger partial charge in [-0.25, -0.2) is 10.7 Å². The Morgan fingerprint density at radius 3 is 1.44 bits per heavy atom. The van der Waals surface area contributed by atoms with E-state index in [1.165, 1.54) is 0 Å². The quantitative estimate of drug-likeness (QED) is 0.313. The normalized spacial score (nSPS) is 10.0. The van der Waals surface area contributed by atoms with Crippen LogP contribution in [-0.2, 0) is 0 Å². The minimum absolute atomic E-state index is 0.750. The largest absolute Gasteiger partial charge is 0.673 e. The molecule has 7 heteroatoms. The molecule has 0 fully saturated rings. The highest BCUT2D eigenvalue weighted by atomic mass is 19.5. The van der Waals surface area contributed by atoms with Crippen LogP contribution in [0.2, 0.25) is 0 Å². The van der Waals surface area contributed by atoms with Crippen LogP contribution in [0.4, 0.5) is 17.3 Å². The predicted octanol–water partition coefficient (Wildman–Crippen LogP) is 0.259. The smallest absolute Gasteiger partial charge is 0.418 e. The van der Waals surface area contributed by atoms with Crippen LogP contribution in [0.3, 0.4) is 0 Å². The minimum atomic E-state index is -6.00. The number of rotatable bonds is 1. The van der Waals surface area contributed by atoms with Crippen molar-refractivity contribution in [2.75, 3.05) is 6.54 Å². The molecule has 0 atom stereocenters. The van der Waals surface area contributed by atoms with Crippen molar-refractivity contribution in [3.8, 4) is 0 Å². The summed E-state index contributed by atoms with van der Waals surface area (Å²) in [6.07, 6.45) is 0. The van der Waals surface area contributed by atoms with Gasteiger partial charge in [-0.05, 0) is 6.92 Å². The van der Waals surface area contributed by atoms with E-state index in [0.29, 0.717) is 0 Å². The first-order valence-corrected chi connectivity index (χ1v) is 2.25. The molecular weight excluding hydrogens is 141 g/mol. The summed E-state index contributed by atoms with van der Waals surface area (Å²) in [6, 6.07) is 0. The predicted molar refractivity (Wildman–Crippen MR) is 24.4 cm³/mol. The maximum Gasteiger partial charge on any atom is 0.673 e. The number of hydroxylamine groups is 1. The van der Waals surface area contributed by atoms with E-state index in [4.69, 9.17) is 5.21 Å². The Labute approximate surface area is 49.9 Å². The molecule has 0 aromatic carbocycles. The van der Waals surface area contributed by atoms with Crippen LogP contribution < -0.4 is 5.48 Å². The van der Waals surface area contributed by atoms with E-state index in [1.807, 2.05) is 6.92 Å². The lowest BCUT2D eigenvalue weighted by Gasteiger charge is -1.94. The van der Waals surface area contributed by atoms with Gasteiger partial charge in [0.25, 0.3) is 0 Å². The molecule has 0 bridgehead atoms. The van der Waals surface area contributed by atoms with Crippen LogP contribution >= 0.6 is 0 Å². The second kappa shape index (κ2) is 5.83. The van der Waals surface area contributed by atoms with Gasteiger partial charge in [0, 0.05) is 0 Å². The molecule has 3 N–H and O–H groups in total. The van der Waals surface area contributed by atoms with Crippen molar-refractivity contribution in [1.29, 1.82) is 0 Å². The van der Waals surface area contributed by atoms with Crippen LogP contribution in [0.1, 0.15) is 6.92 Å². The molecule has 9 heavy (non-hydrogen) atoms. The number of quaternary nitrogens is 1. The summed E-state index contributed by atoms with van der Waals surface area (Å²) in [5.74, 6) is 0. The van der Waals surface area contributed by atoms with Gasteiger partial charge in [0.05, 0.1) is 0 Å². The molecule has 0 aromatic rings. The molecule has 0 saturated carbocycles. The van der Waals surface area contributed by atoms with E-state index in [2.05, 4.69) is 0 Å². The highest BCUT2D eigenvalue weighted by molar-refractivity contribution is 6.50. The van der Waals surface area contributed by atoms with Gasteiger partial charge in [0.1, 0.15) is 6.54 Å². The van der Waals surface area contributed by atoms with Crippen molar-refractivity contribution in [1.82, 2.24) is 0 Å². The monoisotopic (exact) mass is 149 g/mol. The second-order valence-electron chi connectivity index (χ2n) is 1.09. The summed E-state index contributed by atoms with van der Waals surface area (Å²) in [7, 11) is -6.00. The van der Waals surface area contributed by atoms with E-state index in [1.54, 1.807) is 0 Å². The fourth-order valence-electron chi connectivity index (χ4n) is 0. The Hall–Kier alpha value is -0.295. The fourth-order valence-corrected chi connectivity index (χ4v) is 0. The third-order valence-electron chi connectivity index (χ3n) is 0.183. The number of hydrogen-bond acceptors (Lipinski definition) is 1. The second-order valence-corrected chi connectivity index (χ2v) is 1.09. The minimum Gasteiger partial charge on any atom is -0.418 e. The Kier molecular flexibility index (Phi) is 7.45. The summed E-state index contributed by atoms with van der Waals surface area (Å²) >= 11 is 0. The standard InChI is InChI=1S/C2H7NO.BF4/c1-2-3-4;2-1(3,4)5/h3-4H,2H2,1H3;/q;-1/p+1. The third kappa shape index (κ3) is 505. The van der Waals surface area contributed by atoms with Gasteiger partial charge in [0.15, 0.2) is 0 Å². The maximum absolute atomic E-state index is 9.75. The van der Waals surface area contributed by atoms with Crippen LogP contribution in [0.25, 0.3) is 0 Å². The van der Waals surface area contributed by atoms with Crippen LogP contribution in [0.15, 0.2) is 0 Å². The molecule has 0 unspecified atom stereocenters. The Bertz CT molecular complexity index is 49.0. The van der Waals surface area contributed by atoms with E-state index in [0.717, 1.165) is 12.0 Å². The van der Waals surface area contributed by atoms with Gasteiger partial charge in [-0.2, -0.15) is 0 Å². The third-order valence-corrected chi connectivity index (χ3v) is 0.183. The van der Waals surface area contributed by atoms with Crippen LogP contribution in [0.5, 0.6) is 0 Å². The maximum atomic E-state index is 9.75. The zero-order chi connectivity index (χ0) is 7.91. The van der Waals surface area contributed by atoms with Gasteiger partial charge in [-0.1, -0.05) is 0 Å². The summed E-state index contributed by atoms with van der Waals surface area (Å²) in [4.78, 5) is 0. The molecule has 0 aliphatic carbocycles. The van der Waals surface area contributed by atoms with Crippen molar-refractivity contribution < 1.29 is 27.9 Å². The fraction of sp³-hybridized carbons (Fsp3) is 1.00. The lowest BCUT2D eigenvalue weighted by atomic mass is 10.3. The molecular formula is C2H8BF4NO. The van der Waals surface area contributed by atoms with Gasteiger partial charge in [0.2, 0.25) is 0 Å². The first kappa shape index (κ1) is 11.5. The van der Waals surface area contributed by atoms with Gasteiger partial charge < -0.3 is 17.3 Å². The zero-order valence-electron chi connectivity index (χ0n) is 4.82. The topological polar surface area (TPSA) is 36.8 Å². The lowest BCUT2D eigenvalue weighted by molar-refractivity contribution is -0.884. The summed E-state index contributed by atoms with van der Waals surface area (Å²) in [6.45, 7) is 2.62. The first-order valence-electron chi connectivity index (χ1n) is 2.25. The zero-order valence-corrected chi connectivity index (χ0v) is 4.82. The number of nitrogens with two attached hydrogens (primary N) is 1. The Morgan fingerprint density at radius 1 is 1.33 bits per heavy atom. The van der Waals surface area contributed by atoms with Crippen molar-refractivity contribution in [3.63, 3.8) is 0 Å². The average molecular weight is 149 g/mol. The SMILES string of the molecule is CC[NH2+]O.F[B-](F)(F)F. The molecule has 0 amide bonds. The number of halogens is 4. The molecule has 0 heterocycles. The van der Waals surface area contributed by atoms with E-state index in [-0.39, 0.29) is 0 Å². The molecule has 2 nitrogen and oxygen atoms in total. The molecule has 58 valence electrons. The van der Waals surface area contributed by atoms with Gasteiger partial charge in [-0.3, -0.25) is 0 Å². The van der Waals surface area contributed by atoms with Crippen molar-refractivity contribution in [3.05, 3.63) is 0 Å². The first-order chi connectivity index (χ1) is 3.91. The highest BCUT2D eigenvalue weighted by Gasteiger charge is 2.20. The average Bonchev–Trinajstić information content (AvgIpc) is 1.61. The van der Waals surface area contributed by atoms with E-state index < -0.39 is 7.25 Å². The van der Waals surface area contributed by atoms with Crippen LogP contribution in [0, 0.1) is 0 Å². The summed E-state index contributed by atoms with van der Waals surface area (Å²) in [5, 5.41) is 7.75. The molecule has 0 saturated heterocycles. The molecule has 0 spiro atoms. The highest BCUT2D eigenvalue weighted by Crippen LogP contribution is 2.06. The molecule has 0 rings (SSSR count). The molecule has 0 radical (unpaired) electrons. The van der Waals surface area contributed by atoms with Gasteiger partial charge in [-0.15, -0.1) is 0 Å². The van der Waals surface area contributed by atoms with Crippen molar-refractivity contribution >= 4 is 7.25 Å². The van der Waals surface area contributed by atoms with Crippen molar-refractivity contribution in [2.24, 2.45) is 0 Å². The van der Waals surface area contributed by atoms with E-state index in [9.17, 15) is 17.3 Å². The van der Waals surface area contributed by atoms with Gasteiger partial charge >= 0.3 is 7.25 Å². The number of hydrogen-bond donors (Lipinski definition) is 2. The van der Waals surface area contributed by atoms with E-state index >= 15 is 0 Å². The van der Waals surface area contributed by atoms with Crippen molar-refractivity contribution in [2.45, 2.75) is 6.92 Å². The van der Waals surface area contributed by atoms with Crippen LogP contribution in [-0.4, -0.2) is 19.0 Å². The molecule has 0 aromatic heterocycles. The lowest BCUT2D eigenvalue weighted by Crippen LogP contribution is -2.79. The molecule has 0 aliphatic heterocycles. The Balaban J connectivity index is 0. The summed E-state index contributed by atoms with van der Waals surface area (Å²) in [5.41, 5.74) is 1.12. The Morgan fingerprint density at radius 2 is 1.44 bits per heavy atom.